The van der Waals surface area contributed by atoms with Gasteiger partial charge in [0.05, 0.1) is 5.92 Å². The summed E-state index contributed by atoms with van der Waals surface area (Å²) in [6.07, 6.45) is 1.80. The number of hydrazone groups is 1. The maximum Gasteiger partial charge on any atom is 0.307 e. The number of rotatable bonds is 5. The van der Waals surface area contributed by atoms with Crippen LogP contribution in [-0.2, 0) is 4.79 Å². The molecule has 1 N–H and O–H groups in total. The second-order valence-corrected chi connectivity index (χ2v) is 4.57. The van der Waals surface area contributed by atoms with Crippen molar-refractivity contribution in [1.29, 1.82) is 0 Å². The summed E-state index contributed by atoms with van der Waals surface area (Å²) in [5, 5.41) is 15.2. The smallest absolute Gasteiger partial charge is 0.307 e. The maximum absolute atomic E-state index is 10.9. The summed E-state index contributed by atoms with van der Waals surface area (Å²) in [4.78, 5) is 10.9. The van der Waals surface area contributed by atoms with Crippen molar-refractivity contribution in [1.82, 2.24) is 5.01 Å². The SMILES string of the molecule is CCN(CC)N=CC1[C@@H](C(=O)O)C1(C)C. The second-order valence-electron chi connectivity index (χ2n) is 4.57. The number of carbonyl (C=O) groups is 1. The van der Waals surface area contributed by atoms with Gasteiger partial charge in [-0.2, -0.15) is 5.10 Å². The summed E-state index contributed by atoms with van der Waals surface area (Å²) in [6, 6.07) is 0. The Morgan fingerprint density at radius 2 is 2.00 bits per heavy atom. The van der Waals surface area contributed by atoms with E-state index in [1.807, 2.05) is 32.7 Å². The molecule has 0 radical (unpaired) electrons. The minimum Gasteiger partial charge on any atom is -0.481 e. The van der Waals surface area contributed by atoms with Crippen LogP contribution in [0, 0.1) is 17.3 Å². The number of aliphatic carboxylic acids is 1. The van der Waals surface area contributed by atoms with Gasteiger partial charge in [0.15, 0.2) is 0 Å². The summed E-state index contributed by atoms with van der Waals surface area (Å²) in [5.74, 6) is -0.900. The van der Waals surface area contributed by atoms with Gasteiger partial charge in [-0.15, -0.1) is 0 Å². The number of carboxylic acid groups (broad SMARTS) is 1. The number of carboxylic acids is 1. The average molecular weight is 212 g/mol. The first-order valence-electron chi connectivity index (χ1n) is 5.47. The van der Waals surface area contributed by atoms with Gasteiger partial charge in [-0.25, -0.2) is 0 Å². The number of nitrogens with zero attached hydrogens (tertiary/aromatic N) is 2. The highest BCUT2D eigenvalue weighted by molar-refractivity contribution is 5.84. The predicted octanol–water partition coefficient (Wildman–Crippen LogP) is 1.67. The molecule has 0 aromatic carbocycles. The molecular formula is C11H20N2O2. The summed E-state index contributed by atoms with van der Waals surface area (Å²) in [6.45, 7) is 9.74. The molecule has 1 rings (SSSR count). The Morgan fingerprint density at radius 1 is 1.47 bits per heavy atom. The van der Waals surface area contributed by atoms with Crippen LogP contribution >= 0.6 is 0 Å². The van der Waals surface area contributed by atoms with Crippen LogP contribution in [0.2, 0.25) is 0 Å². The lowest BCUT2D eigenvalue weighted by molar-refractivity contribution is -0.139. The zero-order valence-electron chi connectivity index (χ0n) is 9.90. The Hall–Kier alpha value is -1.06. The lowest BCUT2D eigenvalue weighted by atomic mass is 10.1. The van der Waals surface area contributed by atoms with E-state index in [1.165, 1.54) is 0 Å². The average Bonchev–Trinajstić information content (AvgIpc) is 2.70. The maximum atomic E-state index is 10.9. The Balaban J connectivity index is 2.58. The van der Waals surface area contributed by atoms with Crippen LogP contribution in [0.15, 0.2) is 5.10 Å². The molecule has 1 unspecified atom stereocenters. The van der Waals surface area contributed by atoms with E-state index in [-0.39, 0.29) is 17.3 Å². The van der Waals surface area contributed by atoms with Gasteiger partial charge in [-0.05, 0) is 19.3 Å². The minimum absolute atomic E-state index is 0.0793. The Bertz CT molecular complexity index is 270. The van der Waals surface area contributed by atoms with E-state index in [1.54, 1.807) is 6.21 Å². The molecule has 15 heavy (non-hydrogen) atoms. The van der Waals surface area contributed by atoms with Crippen molar-refractivity contribution in [2.45, 2.75) is 27.7 Å². The van der Waals surface area contributed by atoms with Gasteiger partial charge < -0.3 is 5.11 Å². The third-order valence-electron chi connectivity index (χ3n) is 3.30. The molecule has 4 heteroatoms. The fourth-order valence-electron chi connectivity index (χ4n) is 1.98. The van der Waals surface area contributed by atoms with Crippen molar-refractivity contribution in [3.05, 3.63) is 0 Å². The lowest BCUT2D eigenvalue weighted by Crippen LogP contribution is -2.16. The highest BCUT2D eigenvalue weighted by Gasteiger charge is 2.61. The molecule has 0 aliphatic heterocycles. The van der Waals surface area contributed by atoms with E-state index in [2.05, 4.69) is 5.10 Å². The van der Waals surface area contributed by atoms with E-state index in [4.69, 9.17) is 5.11 Å². The van der Waals surface area contributed by atoms with Crippen molar-refractivity contribution in [2.24, 2.45) is 22.4 Å². The topological polar surface area (TPSA) is 52.9 Å². The molecule has 0 heterocycles. The molecule has 0 saturated heterocycles. The summed E-state index contributed by atoms with van der Waals surface area (Å²) >= 11 is 0. The quantitative estimate of drug-likeness (QED) is 0.557. The van der Waals surface area contributed by atoms with Crippen LogP contribution in [0.1, 0.15) is 27.7 Å². The molecule has 2 atom stereocenters. The number of hydrogen-bond donors (Lipinski definition) is 1. The predicted molar refractivity (Wildman–Crippen MR) is 59.8 cm³/mol. The monoisotopic (exact) mass is 212 g/mol. The second kappa shape index (κ2) is 4.21. The zero-order chi connectivity index (χ0) is 11.6. The molecule has 0 spiro atoms. The summed E-state index contributed by atoms with van der Waals surface area (Å²) in [5.41, 5.74) is -0.136. The largest absolute Gasteiger partial charge is 0.481 e. The van der Waals surface area contributed by atoms with Gasteiger partial charge in [0, 0.05) is 25.2 Å². The van der Waals surface area contributed by atoms with E-state index >= 15 is 0 Å². The van der Waals surface area contributed by atoms with E-state index in [0.29, 0.717) is 0 Å². The summed E-state index contributed by atoms with van der Waals surface area (Å²) in [7, 11) is 0. The number of hydrogen-bond acceptors (Lipinski definition) is 3. The molecule has 1 aliphatic rings. The van der Waals surface area contributed by atoms with Gasteiger partial charge in [0.2, 0.25) is 0 Å². The van der Waals surface area contributed by atoms with E-state index in [9.17, 15) is 4.79 Å². The third kappa shape index (κ3) is 2.30. The van der Waals surface area contributed by atoms with Crippen LogP contribution in [0.25, 0.3) is 0 Å². The Kier molecular flexibility index (Phi) is 3.37. The molecule has 0 bridgehead atoms. The molecule has 1 fully saturated rings. The van der Waals surface area contributed by atoms with Crippen LogP contribution in [0.4, 0.5) is 0 Å². The van der Waals surface area contributed by atoms with Crippen LogP contribution < -0.4 is 0 Å². The first-order valence-corrected chi connectivity index (χ1v) is 5.47. The van der Waals surface area contributed by atoms with Crippen molar-refractivity contribution in [2.75, 3.05) is 13.1 Å². The first-order chi connectivity index (χ1) is 6.95. The van der Waals surface area contributed by atoms with Gasteiger partial charge in [-0.3, -0.25) is 9.80 Å². The fraction of sp³-hybridized carbons (Fsp3) is 0.818. The molecule has 0 amide bonds. The molecule has 0 aromatic heterocycles. The van der Waals surface area contributed by atoms with Crippen LogP contribution in [0.3, 0.4) is 0 Å². The molecular weight excluding hydrogens is 192 g/mol. The first kappa shape index (κ1) is 12.0. The zero-order valence-corrected chi connectivity index (χ0v) is 9.90. The minimum atomic E-state index is -0.712. The molecule has 1 saturated carbocycles. The van der Waals surface area contributed by atoms with Crippen LogP contribution in [-0.4, -0.2) is 35.4 Å². The molecule has 4 nitrogen and oxygen atoms in total. The molecule has 0 aromatic rings. The highest BCUT2D eigenvalue weighted by Crippen LogP contribution is 2.57. The standard InChI is InChI=1S/C11H20N2O2/c1-5-13(6-2)12-7-8-9(10(14)15)11(8,3)4/h7-9H,5-6H2,1-4H3,(H,14,15)/t8?,9-/m0/s1. The van der Waals surface area contributed by atoms with Crippen molar-refractivity contribution < 1.29 is 9.90 Å². The van der Waals surface area contributed by atoms with E-state index in [0.717, 1.165) is 13.1 Å². The van der Waals surface area contributed by atoms with Gasteiger partial charge in [-0.1, -0.05) is 13.8 Å². The van der Waals surface area contributed by atoms with Crippen molar-refractivity contribution in [3.8, 4) is 0 Å². The summed E-state index contributed by atoms with van der Waals surface area (Å²) < 4.78 is 0. The van der Waals surface area contributed by atoms with E-state index < -0.39 is 5.97 Å². The van der Waals surface area contributed by atoms with Gasteiger partial charge >= 0.3 is 5.97 Å². The van der Waals surface area contributed by atoms with Crippen LogP contribution in [0.5, 0.6) is 0 Å². The van der Waals surface area contributed by atoms with Gasteiger partial charge in [0.25, 0.3) is 0 Å². The lowest BCUT2D eigenvalue weighted by Gasteiger charge is -2.13. The Labute approximate surface area is 91.0 Å². The normalized spacial score (nSPS) is 28.0. The van der Waals surface area contributed by atoms with Gasteiger partial charge in [0.1, 0.15) is 0 Å². The third-order valence-corrected chi connectivity index (χ3v) is 3.30. The highest BCUT2D eigenvalue weighted by atomic mass is 16.4. The fourth-order valence-corrected chi connectivity index (χ4v) is 1.98. The van der Waals surface area contributed by atoms with Crippen molar-refractivity contribution in [3.63, 3.8) is 0 Å². The van der Waals surface area contributed by atoms with Crippen molar-refractivity contribution >= 4 is 12.2 Å². The Morgan fingerprint density at radius 3 is 2.33 bits per heavy atom. The molecule has 86 valence electrons. The molecule has 1 aliphatic carbocycles.